The Morgan fingerprint density at radius 2 is 1.47 bits per heavy atom. The van der Waals surface area contributed by atoms with E-state index < -0.39 is 46.2 Å². The van der Waals surface area contributed by atoms with Gasteiger partial charge in [0.2, 0.25) is 11.8 Å². The maximum atomic E-state index is 14.6. The van der Waals surface area contributed by atoms with Gasteiger partial charge in [-0.2, -0.15) is 13.2 Å². The minimum atomic E-state index is -4.77. The summed E-state index contributed by atoms with van der Waals surface area (Å²) in [6.07, 6.45) is -0.0967. The van der Waals surface area contributed by atoms with Crippen molar-refractivity contribution < 1.29 is 31.2 Å². The molecule has 0 radical (unpaired) electrons. The van der Waals surface area contributed by atoms with Gasteiger partial charge in [-0.05, 0) is 60.4 Å². The summed E-state index contributed by atoms with van der Waals surface area (Å²) >= 11 is 6.54. The van der Waals surface area contributed by atoms with Crippen molar-refractivity contribution in [1.29, 1.82) is 0 Å². The predicted octanol–water partition coefficient (Wildman–Crippen LogP) is 7.64. The highest BCUT2D eigenvalue weighted by Gasteiger charge is 2.37. The molecule has 0 unspecified atom stereocenters. The van der Waals surface area contributed by atoms with E-state index in [4.69, 9.17) is 11.6 Å². The molecule has 12 heteroatoms. The second-order valence-corrected chi connectivity index (χ2v) is 14.3. The van der Waals surface area contributed by atoms with E-state index in [1.807, 2.05) is 30.3 Å². The maximum absolute atomic E-state index is 14.6. The highest BCUT2D eigenvalue weighted by Crippen LogP contribution is 2.33. The van der Waals surface area contributed by atoms with E-state index in [-0.39, 0.29) is 29.6 Å². The number of benzene rings is 4. The van der Waals surface area contributed by atoms with Crippen LogP contribution in [0.3, 0.4) is 0 Å². The van der Waals surface area contributed by atoms with Crippen molar-refractivity contribution in [3.63, 3.8) is 0 Å². The zero-order chi connectivity index (χ0) is 35.0. The van der Waals surface area contributed by atoms with Crippen LogP contribution in [0.5, 0.6) is 0 Å². The minimum absolute atomic E-state index is 0.0862. The van der Waals surface area contributed by atoms with E-state index in [1.54, 1.807) is 30.3 Å². The van der Waals surface area contributed by atoms with E-state index in [2.05, 4.69) is 5.32 Å². The zero-order valence-corrected chi connectivity index (χ0v) is 28.2. The first kappa shape index (κ1) is 35.9. The van der Waals surface area contributed by atoms with Crippen LogP contribution in [0.1, 0.15) is 48.8 Å². The van der Waals surface area contributed by atoms with Crippen molar-refractivity contribution in [2.45, 2.75) is 68.2 Å². The van der Waals surface area contributed by atoms with Gasteiger partial charge in [-0.15, -0.1) is 0 Å². The normalized spacial score (nSPS) is 14.5. The molecule has 7 nitrogen and oxygen atoms in total. The number of hydrogen-bond donors (Lipinski definition) is 1. The molecule has 1 fully saturated rings. The zero-order valence-electron chi connectivity index (χ0n) is 26.7. The van der Waals surface area contributed by atoms with Crippen molar-refractivity contribution in [2.75, 3.05) is 10.8 Å². The number of rotatable bonds is 12. The van der Waals surface area contributed by atoms with Crippen LogP contribution < -0.4 is 9.62 Å². The van der Waals surface area contributed by atoms with Gasteiger partial charge in [-0.1, -0.05) is 104 Å². The van der Waals surface area contributed by atoms with Crippen LogP contribution in [0, 0.1) is 0 Å². The lowest BCUT2D eigenvalue weighted by molar-refractivity contribution is -0.140. The quantitative estimate of drug-likeness (QED) is 0.164. The van der Waals surface area contributed by atoms with Crippen LogP contribution >= 0.6 is 11.6 Å². The van der Waals surface area contributed by atoms with Crippen molar-refractivity contribution >= 4 is 39.1 Å². The second-order valence-electron chi connectivity index (χ2n) is 12.0. The lowest BCUT2D eigenvalue weighted by Crippen LogP contribution is -2.55. The van der Waals surface area contributed by atoms with Crippen LogP contribution in [0.4, 0.5) is 18.9 Å². The van der Waals surface area contributed by atoms with Crippen molar-refractivity contribution in [1.82, 2.24) is 10.2 Å². The van der Waals surface area contributed by atoms with E-state index in [0.29, 0.717) is 21.0 Å². The monoisotopic (exact) mass is 711 g/mol. The first-order valence-corrected chi connectivity index (χ1v) is 17.9. The molecule has 4 aromatic rings. The van der Waals surface area contributed by atoms with Crippen LogP contribution in [-0.4, -0.2) is 43.8 Å². The van der Waals surface area contributed by atoms with E-state index in [9.17, 15) is 31.2 Å². The molecule has 0 aromatic heterocycles. The SMILES string of the molecule is O=C(NC1CCCCC1)[C@@H](Cc1ccccc1)N(Cc1ccccc1Cl)C(=O)CN(c1cccc(C(F)(F)F)c1)S(=O)(=O)c1ccccc1. The van der Waals surface area contributed by atoms with Crippen molar-refractivity contribution in [3.8, 4) is 0 Å². The first-order chi connectivity index (χ1) is 23.4. The molecule has 0 spiro atoms. The lowest BCUT2D eigenvalue weighted by Gasteiger charge is -2.35. The molecule has 1 saturated carbocycles. The smallest absolute Gasteiger partial charge is 0.352 e. The molecule has 0 heterocycles. The predicted molar refractivity (Wildman–Crippen MR) is 183 cm³/mol. The van der Waals surface area contributed by atoms with Crippen LogP contribution in [0.15, 0.2) is 114 Å². The number of carbonyl (C=O) groups is 2. The molecule has 258 valence electrons. The molecule has 49 heavy (non-hydrogen) atoms. The second kappa shape index (κ2) is 15.9. The summed E-state index contributed by atoms with van der Waals surface area (Å²) in [6, 6.07) is 25.7. The number of halogens is 4. The number of nitrogens with one attached hydrogen (secondary N) is 1. The Hall–Kier alpha value is -4.35. The Balaban J connectivity index is 1.59. The Morgan fingerprint density at radius 3 is 2.12 bits per heavy atom. The average molecular weight is 712 g/mol. The fourth-order valence-electron chi connectivity index (χ4n) is 5.99. The van der Waals surface area contributed by atoms with E-state index in [0.717, 1.165) is 49.8 Å². The van der Waals surface area contributed by atoms with Gasteiger partial charge in [0, 0.05) is 24.0 Å². The van der Waals surface area contributed by atoms with Crippen LogP contribution in [0.25, 0.3) is 0 Å². The summed E-state index contributed by atoms with van der Waals surface area (Å²) in [6.45, 7) is -1.04. The number of anilines is 1. The number of nitrogens with zero attached hydrogens (tertiary/aromatic N) is 2. The molecular weight excluding hydrogens is 675 g/mol. The first-order valence-electron chi connectivity index (χ1n) is 16.1. The standard InChI is InChI=1S/C37H37ClF3N3O4S/c38-33-22-11-10-15-28(33)25-43(34(23-27-13-4-1-5-14-27)36(46)42-30-17-6-2-7-18-30)35(45)26-44(49(47,48)32-20-8-3-9-21-32)31-19-12-16-29(24-31)37(39,40)41/h1,3-5,8-16,19-22,24,30,34H,2,6-7,17-18,23,25-26H2,(H,42,46)/t34-/m1/s1. The van der Waals surface area contributed by atoms with Crippen LogP contribution in [-0.2, 0) is 38.8 Å². The van der Waals surface area contributed by atoms with Gasteiger partial charge in [0.1, 0.15) is 12.6 Å². The number of sulfonamides is 1. The summed E-state index contributed by atoms with van der Waals surface area (Å²) in [7, 11) is -4.56. The summed E-state index contributed by atoms with van der Waals surface area (Å²) in [5.74, 6) is -1.20. The minimum Gasteiger partial charge on any atom is -0.352 e. The summed E-state index contributed by atoms with van der Waals surface area (Å²) in [5, 5.41) is 3.45. The fraction of sp³-hybridized carbons (Fsp3) is 0.297. The molecule has 0 aliphatic heterocycles. The Morgan fingerprint density at radius 1 is 0.837 bits per heavy atom. The molecule has 0 saturated heterocycles. The van der Waals surface area contributed by atoms with Crippen molar-refractivity contribution in [2.24, 2.45) is 0 Å². The van der Waals surface area contributed by atoms with Gasteiger partial charge in [-0.3, -0.25) is 13.9 Å². The number of hydrogen-bond acceptors (Lipinski definition) is 4. The number of alkyl halides is 3. The molecule has 0 bridgehead atoms. The number of carbonyl (C=O) groups excluding carboxylic acids is 2. The largest absolute Gasteiger partial charge is 0.416 e. The fourth-order valence-corrected chi connectivity index (χ4v) is 7.62. The number of amides is 2. The third-order valence-corrected chi connectivity index (χ3v) is 10.7. The third-order valence-electron chi connectivity index (χ3n) is 8.59. The third kappa shape index (κ3) is 9.21. The van der Waals surface area contributed by atoms with Gasteiger partial charge in [-0.25, -0.2) is 8.42 Å². The maximum Gasteiger partial charge on any atom is 0.416 e. The highest BCUT2D eigenvalue weighted by molar-refractivity contribution is 7.92. The molecule has 2 amide bonds. The van der Waals surface area contributed by atoms with Crippen molar-refractivity contribution in [3.05, 3.63) is 131 Å². The average Bonchev–Trinajstić information content (AvgIpc) is 3.10. The topological polar surface area (TPSA) is 86.8 Å². The van der Waals surface area contributed by atoms with Gasteiger partial charge in [0.05, 0.1) is 16.1 Å². The Kier molecular flexibility index (Phi) is 11.7. The molecule has 4 aromatic carbocycles. The van der Waals surface area contributed by atoms with E-state index in [1.165, 1.54) is 35.2 Å². The van der Waals surface area contributed by atoms with E-state index >= 15 is 0 Å². The molecule has 1 aliphatic rings. The summed E-state index contributed by atoms with van der Waals surface area (Å²) in [4.78, 5) is 29.8. The van der Waals surface area contributed by atoms with Gasteiger partial charge in [0.15, 0.2) is 0 Å². The molecule has 5 rings (SSSR count). The van der Waals surface area contributed by atoms with Gasteiger partial charge < -0.3 is 10.2 Å². The van der Waals surface area contributed by atoms with Gasteiger partial charge in [0.25, 0.3) is 10.0 Å². The molecule has 1 aliphatic carbocycles. The Labute approximate surface area is 289 Å². The summed E-state index contributed by atoms with van der Waals surface area (Å²) in [5.41, 5.74) is -0.157. The molecule has 1 N–H and O–H groups in total. The molecular formula is C37H37ClF3N3O4S. The highest BCUT2D eigenvalue weighted by atomic mass is 35.5. The summed E-state index contributed by atoms with van der Waals surface area (Å²) < 4.78 is 70.3. The Bertz CT molecular complexity index is 1840. The lowest BCUT2D eigenvalue weighted by atomic mass is 9.94. The van der Waals surface area contributed by atoms with Crippen LogP contribution in [0.2, 0.25) is 5.02 Å². The van der Waals surface area contributed by atoms with Gasteiger partial charge >= 0.3 is 6.18 Å². The molecule has 1 atom stereocenters.